The highest BCUT2D eigenvalue weighted by Gasteiger charge is 2.56. The van der Waals surface area contributed by atoms with Crippen LogP contribution < -0.4 is 4.90 Å². The molecule has 0 unspecified atom stereocenters. The second-order valence-electron chi connectivity index (χ2n) is 8.60. The van der Waals surface area contributed by atoms with Gasteiger partial charge in [0, 0.05) is 25.6 Å². The van der Waals surface area contributed by atoms with Crippen molar-refractivity contribution in [2.24, 2.45) is 0 Å². The van der Waals surface area contributed by atoms with E-state index in [0.717, 1.165) is 23.1 Å². The molecule has 2 aromatic rings. The summed E-state index contributed by atoms with van der Waals surface area (Å²) in [7, 11) is 0. The van der Waals surface area contributed by atoms with Crippen LogP contribution in [0.2, 0.25) is 0 Å². The van der Waals surface area contributed by atoms with Gasteiger partial charge in [0.2, 0.25) is 11.8 Å². The number of halogens is 4. The molecule has 6 nitrogen and oxygen atoms in total. The third kappa shape index (κ3) is 4.34. The number of piperazine rings is 1. The number of carbonyl (C=O) groups is 3. The van der Waals surface area contributed by atoms with Crippen molar-refractivity contribution < 1.29 is 31.9 Å². The third-order valence-corrected chi connectivity index (χ3v) is 6.47. The van der Waals surface area contributed by atoms with E-state index in [4.69, 9.17) is 6.42 Å². The first-order valence-corrected chi connectivity index (χ1v) is 10.8. The lowest BCUT2D eigenvalue weighted by Crippen LogP contribution is -2.69. The van der Waals surface area contributed by atoms with Gasteiger partial charge in [-0.2, -0.15) is 13.2 Å². The first kappa shape index (κ1) is 24.3. The number of hydrogen-bond donors (Lipinski definition) is 0. The molecular formula is C25H21F4N3O3. The zero-order valence-corrected chi connectivity index (χ0v) is 18.7. The van der Waals surface area contributed by atoms with Crippen LogP contribution in [0.5, 0.6) is 0 Å². The summed E-state index contributed by atoms with van der Waals surface area (Å²) in [6, 6.07) is 8.17. The lowest BCUT2D eigenvalue weighted by Gasteiger charge is -2.47. The zero-order chi connectivity index (χ0) is 25.5. The smallest absolute Gasteiger partial charge is 0.340 e. The fourth-order valence-corrected chi connectivity index (χ4v) is 4.59. The molecule has 0 N–H and O–H groups in total. The minimum Gasteiger partial charge on any atom is -0.340 e. The Hall–Kier alpha value is -3.87. The molecule has 1 atom stereocenters. The second-order valence-corrected chi connectivity index (χ2v) is 8.60. The lowest BCUT2D eigenvalue weighted by atomic mass is 9.89. The Morgan fingerprint density at radius 2 is 1.83 bits per heavy atom. The van der Waals surface area contributed by atoms with Gasteiger partial charge in [0.1, 0.15) is 17.9 Å². The Morgan fingerprint density at radius 1 is 1.14 bits per heavy atom. The molecule has 10 heteroatoms. The van der Waals surface area contributed by atoms with Gasteiger partial charge in [0.25, 0.3) is 5.91 Å². The van der Waals surface area contributed by atoms with E-state index in [0.29, 0.717) is 5.56 Å². The predicted molar refractivity (Wildman–Crippen MR) is 118 cm³/mol. The van der Waals surface area contributed by atoms with Crippen molar-refractivity contribution in [3.63, 3.8) is 0 Å². The largest absolute Gasteiger partial charge is 0.416 e. The molecule has 0 bridgehead atoms. The van der Waals surface area contributed by atoms with Crippen LogP contribution in [0.4, 0.5) is 23.2 Å². The number of alkyl halides is 3. The van der Waals surface area contributed by atoms with Crippen molar-refractivity contribution in [3.8, 4) is 12.3 Å². The Morgan fingerprint density at radius 3 is 2.37 bits per heavy atom. The van der Waals surface area contributed by atoms with Crippen molar-refractivity contribution in [1.82, 2.24) is 9.80 Å². The predicted octanol–water partition coefficient (Wildman–Crippen LogP) is 3.19. The maximum Gasteiger partial charge on any atom is 0.416 e. The van der Waals surface area contributed by atoms with Crippen molar-refractivity contribution in [3.05, 3.63) is 65.0 Å². The summed E-state index contributed by atoms with van der Waals surface area (Å²) in [5.41, 5.74) is -1.78. The standard InChI is InChI=1S/C25H21F4N3O3/c1-3-17-6-9-21(20(26)12-17)31-14-22(34)32(13-18-4-7-19(8-5-18)25(27,28)29)24(23(31)35)10-11-30(15-24)16(2)33/h1,4-9,12H,10-11,13-15H2,2H3/t24-/m1/s1. The van der Waals surface area contributed by atoms with Crippen LogP contribution in [0.3, 0.4) is 0 Å². The average molecular weight is 487 g/mol. The summed E-state index contributed by atoms with van der Waals surface area (Å²) in [6.07, 6.45) is 0.901. The van der Waals surface area contributed by atoms with Crippen LogP contribution >= 0.6 is 0 Å². The molecule has 2 saturated heterocycles. The van der Waals surface area contributed by atoms with Gasteiger partial charge in [-0.1, -0.05) is 18.1 Å². The van der Waals surface area contributed by atoms with E-state index in [1.165, 1.54) is 41.0 Å². The number of nitrogens with zero attached hydrogens (tertiary/aromatic N) is 3. The summed E-state index contributed by atoms with van der Waals surface area (Å²) in [4.78, 5) is 42.9. The van der Waals surface area contributed by atoms with E-state index in [1.807, 2.05) is 0 Å². The van der Waals surface area contributed by atoms with E-state index in [2.05, 4.69) is 5.92 Å². The molecule has 2 aromatic carbocycles. The van der Waals surface area contributed by atoms with Gasteiger partial charge in [0.15, 0.2) is 0 Å². The molecule has 2 fully saturated rings. The first-order valence-electron chi connectivity index (χ1n) is 10.8. The van der Waals surface area contributed by atoms with Crippen molar-refractivity contribution >= 4 is 23.4 Å². The maximum absolute atomic E-state index is 14.8. The van der Waals surface area contributed by atoms with Crippen molar-refractivity contribution in [2.75, 3.05) is 24.5 Å². The monoisotopic (exact) mass is 487 g/mol. The molecule has 2 heterocycles. The van der Waals surface area contributed by atoms with Crippen LogP contribution in [0.15, 0.2) is 42.5 Å². The summed E-state index contributed by atoms with van der Waals surface area (Å²) in [6.45, 7) is 0.830. The number of likely N-dealkylation sites (tertiary alicyclic amines) is 1. The van der Waals surface area contributed by atoms with E-state index < -0.39 is 41.5 Å². The van der Waals surface area contributed by atoms with Crippen LogP contribution in [-0.2, 0) is 27.1 Å². The van der Waals surface area contributed by atoms with E-state index >= 15 is 0 Å². The van der Waals surface area contributed by atoms with Gasteiger partial charge in [-0.05, 0) is 42.3 Å². The highest BCUT2D eigenvalue weighted by Crippen LogP contribution is 2.38. The highest BCUT2D eigenvalue weighted by molar-refractivity contribution is 6.10. The minimum atomic E-state index is -4.51. The Labute approximate surface area is 199 Å². The topological polar surface area (TPSA) is 60.9 Å². The quantitative estimate of drug-likeness (QED) is 0.494. The minimum absolute atomic E-state index is 0.103. The van der Waals surface area contributed by atoms with Crippen LogP contribution in [-0.4, -0.2) is 52.7 Å². The SMILES string of the molecule is C#Cc1ccc(N2CC(=O)N(Cc3ccc(C(F)(F)F)cc3)[C@@]3(CCN(C(C)=O)C3)C2=O)c(F)c1. The van der Waals surface area contributed by atoms with E-state index in [1.54, 1.807) is 0 Å². The Kier molecular flexibility index (Phi) is 6.05. The van der Waals surface area contributed by atoms with Crippen LogP contribution in [0.25, 0.3) is 0 Å². The number of rotatable bonds is 3. The molecule has 0 radical (unpaired) electrons. The van der Waals surface area contributed by atoms with Crippen molar-refractivity contribution in [1.29, 1.82) is 0 Å². The molecule has 0 aliphatic carbocycles. The van der Waals surface area contributed by atoms with Gasteiger partial charge in [-0.25, -0.2) is 4.39 Å². The summed E-state index contributed by atoms with van der Waals surface area (Å²) >= 11 is 0. The van der Waals surface area contributed by atoms with Crippen molar-refractivity contribution in [2.45, 2.75) is 31.6 Å². The molecule has 4 rings (SSSR count). The molecule has 3 amide bonds. The Bertz CT molecular complexity index is 1240. The Balaban J connectivity index is 1.71. The van der Waals surface area contributed by atoms with Gasteiger partial charge >= 0.3 is 6.18 Å². The lowest BCUT2D eigenvalue weighted by molar-refractivity contribution is -0.151. The van der Waals surface area contributed by atoms with E-state index in [-0.39, 0.29) is 43.2 Å². The molecule has 1 spiro atoms. The van der Waals surface area contributed by atoms with Gasteiger partial charge < -0.3 is 9.80 Å². The molecule has 0 saturated carbocycles. The number of carbonyl (C=O) groups excluding carboxylic acids is 3. The maximum atomic E-state index is 14.8. The molecule has 2 aliphatic heterocycles. The molecule has 2 aliphatic rings. The molecule has 35 heavy (non-hydrogen) atoms. The molecule has 182 valence electrons. The third-order valence-electron chi connectivity index (χ3n) is 6.47. The molecule has 0 aromatic heterocycles. The number of amides is 3. The second kappa shape index (κ2) is 8.73. The number of terminal acetylenes is 1. The van der Waals surface area contributed by atoms with Crippen LogP contribution in [0.1, 0.15) is 30.0 Å². The van der Waals surface area contributed by atoms with E-state index in [9.17, 15) is 31.9 Å². The zero-order valence-electron chi connectivity index (χ0n) is 18.7. The summed E-state index contributed by atoms with van der Waals surface area (Å²) in [5.74, 6) is 0.149. The normalized spacial score (nSPS) is 20.5. The summed E-state index contributed by atoms with van der Waals surface area (Å²) in [5, 5.41) is 0. The van der Waals surface area contributed by atoms with Gasteiger partial charge in [-0.3, -0.25) is 19.3 Å². The summed E-state index contributed by atoms with van der Waals surface area (Å²) < 4.78 is 53.6. The van der Waals surface area contributed by atoms with Crippen LogP contribution in [0, 0.1) is 18.2 Å². The fraction of sp³-hybridized carbons (Fsp3) is 0.320. The van der Waals surface area contributed by atoms with Gasteiger partial charge in [-0.15, -0.1) is 6.42 Å². The number of hydrogen-bond acceptors (Lipinski definition) is 3. The number of benzene rings is 2. The van der Waals surface area contributed by atoms with Gasteiger partial charge in [0.05, 0.1) is 17.8 Å². The average Bonchev–Trinajstić information content (AvgIpc) is 3.26. The fourth-order valence-electron chi connectivity index (χ4n) is 4.59. The highest BCUT2D eigenvalue weighted by atomic mass is 19.4. The number of anilines is 1. The molecular weight excluding hydrogens is 466 g/mol. The first-order chi connectivity index (χ1) is 16.5.